The van der Waals surface area contributed by atoms with E-state index in [2.05, 4.69) is 10.6 Å². The molecule has 0 amide bonds. The fourth-order valence-electron chi connectivity index (χ4n) is 2.88. The molecule has 0 bridgehead atoms. The summed E-state index contributed by atoms with van der Waals surface area (Å²) in [6, 6.07) is 10.6. The maximum atomic E-state index is 10.2. The summed E-state index contributed by atoms with van der Waals surface area (Å²) in [5.41, 5.74) is 8.31. The molecule has 0 aromatic heterocycles. The molecule has 2 rings (SSSR count). The number of rotatable bonds is 12. The van der Waals surface area contributed by atoms with E-state index in [0.717, 1.165) is 36.7 Å². The zero-order valence-electron chi connectivity index (χ0n) is 17.4. The predicted molar refractivity (Wildman–Crippen MR) is 116 cm³/mol. The normalized spacial score (nSPS) is 12.2. The van der Waals surface area contributed by atoms with Gasteiger partial charge in [-0.2, -0.15) is 0 Å². The highest BCUT2D eigenvalue weighted by Crippen LogP contribution is 2.34. The summed E-state index contributed by atoms with van der Waals surface area (Å²) in [6.07, 6.45) is -0.616. The highest BCUT2D eigenvalue weighted by molar-refractivity contribution is 5.52. The van der Waals surface area contributed by atoms with Gasteiger partial charge in [0, 0.05) is 37.0 Å². The Bertz CT molecular complexity index is 750. The number of phenols is 2. The summed E-state index contributed by atoms with van der Waals surface area (Å²) in [4.78, 5) is 0. The van der Waals surface area contributed by atoms with Gasteiger partial charge in [-0.05, 0) is 48.7 Å². The number of benzene rings is 2. The van der Waals surface area contributed by atoms with E-state index in [1.807, 2.05) is 45.0 Å². The third-order valence-electron chi connectivity index (χ3n) is 4.48. The maximum Gasteiger partial charge on any atom is 0.125 e. The van der Waals surface area contributed by atoms with E-state index in [0.29, 0.717) is 18.8 Å². The van der Waals surface area contributed by atoms with Crippen molar-refractivity contribution >= 4 is 5.69 Å². The predicted octanol–water partition coefficient (Wildman–Crippen LogP) is 3.30. The van der Waals surface area contributed by atoms with E-state index in [4.69, 9.17) is 15.2 Å². The molecular formula is C22H33N3O4. The first-order chi connectivity index (χ1) is 13.9. The van der Waals surface area contributed by atoms with Crippen LogP contribution < -0.4 is 21.1 Å². The van der Waals surface area contributed by atoms with Crippen LogP contribution in [0, 0.1) is 0 Å². The van der Waals surface area contributed by atoms with Crippen LogP contribution in [0.3, 0.4) is 0 Å². The lowest BCUT2D eigenvalue weighted by molar-refractivity contribution is 0.148. The Labute approximate surface area is 172 Å². The number of hydrogen-bond acceptors (Lipinski definition) is 7. The highest BCUT2D eigenvalue weighted by Gasteiger charge is 2.16. The molecule has 0 radical (unpaired) electrons. The SMILES string of the molecule is CCOCCNCCOc1ccc(NC(N)c2cc(C(C)C)c(O)cc2O)cc1. The van der Waals surface area contributed by atoms with Gasteiger partial charge in [0.25, 0.3) is 0 Å². The van der Waals surface area contributed by atoms with Gasteiger partial charge in [0.1, 0.15) is 30.0 Å². The van der Waals surface area contributed by atoms with Crippen LogP contribution in [0.1, 0.15) is 44.0 Å². The Morgan fingerprint density at radius 2 is 1.62 bits per heavy atom. The second-order valence-corrected chi connectivity index (χ2v) is 7.07. The van der Waals surface area contributed by atoms with E-state index < -0.39 is 6.17 Å². The summed E-state index contributed by atoms with van der Waals surface area (Å²) < 4.78 is 11.0. The minimum atomic E-state index is -0.616. The standard InChI is InChI=1S/C22H33N3O4/c1-4-28-11-9-24-10-12-29-17-7-5-16(6-8-17)25-22(23)19-13-18(15(2)3)20(26)14-21(19)27/h5-8,13-15,22,24-27H,4,9-12,23H2,1-3H3. The molecule has 0 heterocycles. The van der Waals surface area contributed by atoms with Crippen molar-refractivity contribution in [3.63, 3.8) is 0 Å². The van der Waals surface area contributed by atoms with Crippen molar-refractivity contribution in [1.29, 1.82) is 0 Å². The molecule has 2 aromatic rings. The van der Waals surface area contributed by atoms with E-state index in [1.54, 1.807) is 6.07 Å². The molecule has 0 saturated carbocycles. The molecule has 7 heteroatoms. The highest BCUT2D eigenvalue weighted by atomic mass is 16.5. The average molecular weight is 404 g/mol. The van der Waals surface area contributed by atoms with Gasteiger partial charge >= 0.3 is 0 Å². The Morgan fingerprint density at radius 3 is 2.28 bits per heavy atom. The second-order valence-electron chi connectivity index (χ2n) is 7.07. The van der Waals surface area contributed by atoms with Gasteiger partial charge in [-0.3, -0.25) is 0 Å². The van der Waals surface area contributed by atoms with Crippen LogP contribution in [0.25, 0.3) is 0 Å². The lowest BCUT2D eigenvalue weighted by Crippen LogP contribution is -2.25. The smallest absolute Gasteiger partial charge is 0.125 e. The molecule has 0 spiro atoms. The van der Waals surface area contributed by atoms with Gasteiger partial charge in [0.2, 0.25) is 0 Å². The summed E-state index contributed by atoms with van der Waals surface area (Å²) in [5, 5.41) is 26.6. The van der Waals surface area contributed by atoms with Crippen LogP contribution in [0.15, 0.2) is 36.4 Å². The number of hydrogen-bond donors (Lipinski definition) is 5. The lowest BCUT2D eigenvalue weighted by Gasteiger charge is -2.19. The van der Waals surface area contributed by atoms with Crippen LogP contribution in [0.5, 0.6) is 17.2 Å². The molecule has 29 heavy (non-hydrogen) atoms. The van der Waals surface area contributed by atoms with Crippen molar-refractivity contribution in [2.45, 2.75) is 32.9 Å². The number of nitrogens with two attached hydrogens (primary N) is 1. The number of phenolic OH excluding ortho intramolecular Hbond substituents is 2. The average Bonchev–Trinajstić information content (AvgIpc) is 2.68. The molecule has 1 atom stereocenters. The quantitative estimate of drug-likeness (QED) is 0.273. The molecule has 0 aliphatic rings. The van der Waals surface area contributed by atoms with Crippen LogP contribution in [-0.2, 0) is 4.74 Å². The number of anilines is 1. The Balaban J connectivity index is 1.87. The topological polar surface area (TPSA) is 109 Å². The molecule has 0 saturated heterocycles. The molecule has 0 fully saturated rings. The molecule has 0 aliphatic heterocycles. The van der Waals surface area contributed by atoms with E-state index >= 15 is 0 Å². The van der Waals surface area contributed by atoms with E-state index in [-0.39, 0.29) is 17.4 Å². The van der Waals surface area contributed by atoms with Crippen molar-refractivity contribution in [3.8, 4) is 17.2 Å². The van der Waals surface area contributed by atoms with Gasteiger partial charge in [-0.25, -0.2) is 0 Å². The first-order valence-electron chi connectivity index (χ1n) is 10.0. The van der Waals surface area contributed by atoms with Crippen molar-refractivity contribution in [2.75, 3.05) is 38.2 Å². The van der Waals surface area contributed by atoms with E-state index in [1.165, 1.54) is 6.07 Å². The third kappa shape index (κ3) is 7.12. The zero-order valence-corrected chi connectivity index (χ0v) is 17.4. The van der Waals surface area contributed by atoms with Crippen molar-refractivity contribution in [1.82, 2.24) is 5.32 Å². The summed E-state index contributed by atoms with van der Waals surface area (Å²) in [7, 11) is 0. The largest absolute Gasteiger partial charge is 0.508 e. The van der Waals surface area contributed by atoms with Gasteiger partial charge in [0.05, 0.1) is 6.61 Å². The third-order valence-corrected chi connectivity index (χ3v) is 4.48. The lowest BCUT2D eigenvalue weighted by atomic mass is 9.98. The van der Waals surface area contributed by atoms with Crippen molar-refractivity contribution < 1.29 is 19.7 Å². The molecule has 0 aliphatic carbocycles. The maximum absolute atomic E-state index is 10.2. The van der Waals surface area contributed by atoms with Gasteiger partial charge in [-0.15, -0.1) is 0 Å². The zero-order chi connectivity index (χ0) is 21.2. The Morgan fingerprint density at radius 1 is 0.966 bits per heavy atom. The van der Waals surface area contributed by atoms with Crippen LogP contribution in [-0.4, -0.2) is 43.1 Å². The monoisotopic (exact) mass is 403 g/mol. The van der Waals surface area contributed by atoms with Crippen LogP contribution in [0.2, 0.25) is 0 Å². The molecule has 6 N–H and O–H groups in total. The molecule has 1 unspecified atom stereocenters. The second kappa shape index (κ2) is 11.5. The minimum absolute atomic E-state index is 0.0382. The molecule has 2 aromatic carbocycles. The van der Waals surface area contributed by atoms with Crippen molar-refractivity contribution in [2.24, 2.45) is 5.73 Å². The first kappa shape index (κ1) is 22.8. The van der Waals surface area contributed by atoms with E-state index in [9.17, 15) is 10.2 Å². The van der Waals surface area contributed by atoms with Crippen LogP contribution >= 0.6 is 0 Å². The van der Waals surface area contributed by atoms with Gasteiger partial charge < -0.3 is 36.1 Å². The summed E-state index contributed by atoms with van der Waals surface area (Å²) in [6.45, 7) is 9.48. The Kier molecular flexibility index (Phi) is 9.05. The summed E-state index contributed by atoms with van der Waals surface area (Å²) in [5.74, 6) is 0.919. The fourth-order valence-corrected chi connectivity index (χ4v) is 2.88. The minimum Gasteiger partial charge on any atom is -0.508 e. The Hall–Kier alpha value is -2.48. The number of nitrogens with one attached hydrogen (secondary N) is 2. The fraction of sp³-hybridized carbons (Fsp3) is 0.455. The molecule has 160 valence electrons. The first-order valence-corrected chi connectivity index (χ1v) is 10.0. The van der Waals surface area contributed by atoms with Crippen LogP contribution in [0.4, 0.5) is 5.69 Å². The summed E-state index contributed by atoms with van der Waals surface area (Å²) >= 11 is 0. The molecular weight excluding hydrogens is 370 g/mol. The molecule has 7 nitrogen and oxygen atoms in total. The number of aromatic hydroxyl groups is 2. The van der Waals surface area contributed by atoms with Gasteiger partial charge in [0.15, 0.2) is 0 Å². The van der Waals surface area contributed by atoms with Crippen molar-refractivity contribution in [3.05, 3.63) is 47.5 Å². The van der Waals surface area contributed by atoms with Gasteiger partial charge in [-0.1, -0.05) is 13.8 Å². The number of ether oxygens (including phenoxy) is 2.